The van der Waals surface area contributed by atoms with Crippen LogP contribution in [0.5, 0.6) is 0 Å². The summed E-state index contributed by atoms with van der Waals surface area (Å²) in [6.07, 6.45) is 6.68. The van der Waals surface area contributed by atoms with Gasteiger partial charge in [-0.1, -0.05) is 0 Å². The van der Waals surface area contributed by atoms with Crippen molar-refractivity contribution in [2.45, 2.75) is 0 Å². The highest BCUT2D eigenvalue weighted by atomic mass is 14.8. The fourth-order valence-electron chi connectivity index (χ4n) is 1.42. The molecule has 1 aromatic carbocycles. The number of rotatable bonds is 0. The molecule has 0 amide bonds. The van der Waals surface area contributed by atoms with Gasteiger partial charge in [-0.25, -0.2) is 0 Å². The van der Waals surface area contributed by atoms with Gasteiger partial charge < -0.3 is 6.15 Å². The van der Waals surface area contributed by atoms with Crippen molar-refractivity contribution >= 4 is 22.1 Å². The molecule has 0 aliphatic carbocycles. The van der Waals surface area contributed by atoms with Gasteiger partial charge >= 0.3 is 0 Å². The largest absolute Gasteiger partial charge is 0.344 e. The number of fused-ring (bicyclic) bond motifs is 2. The van der Waals surface area contributed by atoms with E-state index in [0.29, 0.717) is 0 Å². The maximum atomic E-state index is 4.20. The lowest BCUT2D eigenvalue weighted by Gasteiger charge is -1.97. The molecule has 0 atom stereocenters. The first-order valence-corrected chi connectivity index (χ1v) is 4.25. The highest BCUT2D eigenvalue weighted by molar-refractivity contribution is 5.90. The van der Waals surface area contributed by atoms with Gasteiger partial charge in [0.15, 0.2) is 0 Å². The Kier molecular flexibility index (Phi) is 2.23. The van der Waals surface area contributed by atoms with Gasteiger partial charge in [-0.05, 0) is 12.1 Å². The Morgan fingerprint density at radius 1 is 0.533 bits per heavy atom. The Hall–Kier alpha value is -2.14. The molecule has 3 aromatic rings. The molecule has 5 nitrogen and oxygen atoms in total. The molecule has 3 rings (SSSR count). The first kappa shape index (κ1) is 9.42. The molecule has 2 aromatic heterocycles. The predicted molar refractivity (Wildman–Crippen MR) is 57.7 cm³/mol. The summed E-state index contributed by atoms with van der Waals surface area (Å²) in [6, 6.07) is 3.79. The standard InChI is InChI=1S/C10H6N4.H3N/c1-2-12-8-6-10-9(5-7(8)11-1)13-3-4-14-10;/h1-6H;1H3. The van der Waals surface area contributed by atoms with Crippen molar-refractivity contribution in [3.8, 4) is 0 Å². The summed E-state index contributed by atoms with van der Waals surface area (Å²) in [5.41, 5.74) is 3.39. The van der Waals surface area contributed by atoms with Crippen molar-refractivity contribution in [3.63, 3.8) is 0 Å². The average Bonchev–Trinajstić information content (AvgIpc) is 2.26. The first-order valence-electron chi connectivity index (χ1n) is 4.25. The number of aromatic nitrogens is 4. The van der Waals surface area contributed by atoms with Gasteiger partial charge in [-0.2, -0.15) is 0 Å². The van der Waals surface area contributed by atoms with Crippen LogP contribution >= 0.6 is 0 Å². The van der Waals surface area contributed by atoms with Crippen LogP contribution in [-0.2, 0) is 0 Å². The smallest absolute Gasteiger partial charge is 0.0909 e. The van der Waals surface area contributed by atoms with Crippen molar-refractivity contribution < 1.29 is 0 Å². The quantitative estimate of drug-likeness (QED) is 0.557. The monoisotopic (exact) mass is 199 g/mol. The van der Waals surface area contributed by atoms with E-state index in [9.17, 15) is 0 Å². The van der Waals surface area contributed by atoms with Crippen LogP contribution in [0.1, 0.15) is 0 Å². The summed E-state index contributed by atoms with van der Waals surface area (Å²) >= 11 is 0. The van der Waals surface area contributed by atoms with Crippen LogP contribution in [0.4, 0.5) is 0 Å². The lowest BCUT2D eigenvalue weighted by molar-refractivity contribution is 1.27. The Morgan fingerprint density at radius 2 is 0.800 bits per heavy atom. The Bertz CT molecular complexity index is 503. The fraction of sp³-hybridized carbons (Fsp3) is 0. The second-order valence-electron chi connectivity index (χ2n) is 2.94. The minimum absolute atomic E-state index is 0. The molecule has 2 heterocycles. The van der Waals surface area contributed by atoms with Gasteiger partial charge in [0.25, 0.3) is 0 Å². The lowest BCUT2D eigenvalue weighted by Crippen LogP contribution is -1.86. The molecule has 0 spiro atoms. The van der Waals surface area contributed by atoms with E-state index in [2.05, 4.69) is 19.9 Å². The van der Waals surface area contributed by atoms with Crippen LogP contribution in [0.3, 0.4) is 0 Å². The van der Waals surface area contributed by atoms with Crippen LogP contribution in [-0.4, -0.2) is 19.9 Å². The topological polar surface area (TPSA) is 86.6 Å². The van der Waals surface area contributed by atoms with Gasteiger partial charge in [0.1, 0.15) is 0 Å². The molecule has 0 unspecified atom stereocenters. The minimum atomic E-state index is 0. The minimum Gasteiger partial charge on any atom is -0.344 e. The molecule has 3 N–H and O–H groups in total. The fourth-order valence-corrected chi connectivity index (χ4v) is 1.42. The summed E-state index contributed by atoms with van der Waals surface area (Å²) < 4.78 is 0. The van der Waals surface area contributed by atoms with Gasteiger partial charge in [0, 0.05) is 24.8 Å². The second-order valence-corrected chi connectivity index (χ2v) is 2.94. The molecule has 0 saturated carbocycles. The second kappa shape index (κ2) is 3.55. The Morgan fingerprint density at radius 3 is 1.07 bits per heavy atom. The van der Waals surface area contributed by atoms with Crippen molar-refractivity contribution in [2.24, 2.45) is 0 Å². The van der Waals surface area contributed by atoms with E-state index < -0.39 is 0 Å². The lowest BCUT2D eigenvalue weighted by atomic mass is 10.2. The van der Waals surface area contributed by atoms with E-state index in [0.717, 1.165) is 22.1 Å². The first-order chi connectivity index (χ1) is 6.93. The molecule has 0 radical (unpaired) electrons. The number of nitrogens with zero attached hydrogens (tertiary/aromatic N) is 4. The van der Waals surface area contributed by atoms with Crippen LogP contribution in [0.15, 0.2) is 36.9 Å². The van der Waals surface area contributed by atoms with Crippen LogP contribution in [0, 0.1) is 0 Å². The maximum absolute atomic E-state index is 4.20. The van der Waals surface area contributed by atoms with Gasteiger partial charge in [-0.3, -0.25) is 19.9 Å². The van der Waals surface area contributed by atoms with Crippen molar-refractivity contribution in [1.29, 1.82) is 0 Å². The molecular weight excluding hydrogens is 190 g/mol. The van der Waals surface area contributed by atoms with E-state index in [1.54, 1.807) is 24.8 Å². The number of benzene rings is 1. The van der Waals surface area contributed by atoms with Crippen molar-refractivity contribution in [2.75, 3.05) is 0 Å². The molecule has 15 heavy (non-hydrogen) atoms. The molecule has 5 heteroatoms. The third-order valence-corrected chi connectivity index (χ3v) is 2.06. The third-order valence-electron chi connectivity index (χ3n) is 2.06. The number of hydrogen-bond donors (Lipinski definition) is 1. The Balaban J connectivity index is 0.000000853. The van der Waals surface area contributed by atoms with Crippen LogP contribution < -0.4 is 6.15 Å². The molecule has 0 aliphatic rings. The van der Waals surface area contributed by atoms with E-state index in [4.69, 9.17) is 0 Å². The van der Waals surface area contributed by atoms with Crippen LogP contribution in [0.25, 0.3) is 22.1 Å². The van der Waals surface area contributed by atoms with E-state index >= 15 is 0 Å². The van der Waals surface area contributed by atoms with E-state index in [1.807, 2.05) is 12.1 Å². The van der Waals surface area contributed by atoms with E-state index in [1.165, 1.54) is 0 Å². The van der Waals surface area contributed by atoms with E-state index in [-0.39, 0.29) is 6.15 Å². The highest BCUT2D eigenvalue weighted by Crippen LogP contribution is 2.15. The van der Waals surface area contributed by atoms with Gasteiger partial charge in [-0.15, -0.1) is 0 Å². The van der Waals surface area contributed by atoms with Crippen LogP contribution in [0.2, 0.25) is 0 Å². The molecule has 74 valence electrons. The summed E-state index contributed by atoms with van der Waals surface area (Å²) in [6.45, 7) is 0. The summed E-state index contributed by atoms with van der Waals surface area (Å²) in [4.78, 5) is 16.8. The SMILES string of the molecule is N.c1cnc2cc3nccnc3cc2n1. The van der Waals surface area contributed by atoms with Crippen molar-refractivity contribution in [1.82, 2.24) is 26.1 Å². The third kappa shape index (κ3) is 1.49. The molecule has 0 fully saturated rings. The molecule has 0 aliphatic heterocycles. The summed E-state index contributed by atoms with van der Waals surface area (Å²) in [5, 5.41) is 0. The highest BCUT2D eigenvalue weighted by Gasteiger charge is 1.99. The van der Waals surface area contributed by atoms with Crippen molar-refractivity contribution in [3.05, 3.63) is 36.9 Å². The zero-order valence-corrected chi connectivity index (χ0v) is 7.96. The average molecular weight is 199 g/mol. The zero-order chi connectivity index (χ0) is 9.38. The molecular formula is C10H9N5. The molecule has 0 saturated heterocycles. The maximum Gasteiger partial charge on any atom is 0.0909 e. The summed E-state index contributed by atoms with van der Waals surface area (Å²) in [5.74, 6) is 0. The molecule has 0 bridgehead atoms. The normalized spacial score (nSPS) is 10.1. The predicted octanol–water partition coefficient (Wildman–Crippen LogP) is 1.73. The van der Waals surface area contributed by atoms with Gasteiger partial charge in [0.2, 0.25) is 0 Å². The Labute approximate surface area is 85.8 Å². The van der Waals surface area contributed by atoms with Gasteiger partial charge in [0.05, 0.1) is 22.1 Å². The number of hydrogen-bond acceptors (Lipinski definition) is 5. The zero-order valence-electron chi connectivity index (χ0n) is 7.96. The summed E-state index contributed by atoms with van der Waals surface area (Å²) in [7, 11) is 0.